The first-order valence-electron chi connectivity index (χ1n) is 6.06. The van der Waals surface area contributed by atoms with E-state index in [1.807, 2.05) is 0 Å². The second-order valence-corrected chi connectivity index (χ2v) is 4.80. The van der Waals surface area contributed by atoms with Crippen LogP contribution >= 0.6 is 0 Å². The predicted molar refractivity (Wildman–Crippen MR) is 61.2 cm³/mol. The van der Waals surface area contributed by atoms with Crippen LogP contribution in [0.1, 0.15) is 19.3 Å². The minimum absolute atomic E-state index is 0.254. The maximum absolute atomic E-state index is 11.5. The van der Waals surface area contributed by atoms with E-state index in [0.717, 1.165) is 39.0 Å². The molecule has 1 heterocycles. The first kappa shape index (κ1) is 12.3. The number of ether oxygens (including phenoxy) is 1. The van der Waals surface area contributed by atoms with Crippen LogP contribution in [-0.4, -0.2) is 49.2 Å². The van der Waals surface area contributed by atoms with Crippen molar-refractivity contribution in [1.82, 2.24) is 10.2 Å². The van der Waals surface area contributed by atoms with Crippen LogP contribution in [0.25, 0.3) is 0 Å². The van der Waals surface area contributed by atoms with Gasteiger partial charge in [0.05, 0.1) is 13.2 Å². The molecule has 6 nitrogen and oxygen atoms in total. The average Bonchev–Trinajstić information content (AvgIpc) is 2.96. The molecular formula is C11H19N3O3. The third-order valence-corrected chi connectivity index (χ3v) is 3.19. The highest BCUT2D eigenvalue weighted by atomic mass is 16.5. The smallest absolute Gasteiger partial charge is 0.318 e. The van der Waals surface area contributed by atoms with E-state index in [9.17, 15) is 9.59 Å². The molecule has 0 bridgehead atoms. The molecule has 0 unspecified atom stereocenters. The number of nitrogens with two attached hydrogens (primary N) is 1. The quantitative estimate of drug-likeness (QED) is 0.691. The maximum atomic E-state index is 11.5. The number of amides is 3. The monoisotopic (exact) mass is 241 g/mol. The van der Waals surface area contributed by atoms with Crippen LogP contribution in [0.15, 0.2) is 0 Å². The molecule has 0 radical (unpaired) electrons. The molecule has 3 N–H and O–H groups in total. The van der Waals surface area contributed by atoms with Gasteiger partial charge in [-0.05, 0) is 25.2 Å². The van der Waals surface area contributed by atoms with Gasteiger partial charge in [-0.2, -0.15) is 0 Å². The van der Waals surface area contributed by atoms with Gasteiger partial charge in [-0.1, -0.05) is 0 Å². The van der Waals surface area contributed by atoms with Crippen LogP contribution in [0.4, 0.5) is 4.79 Å². The van der Waals surface area contributed by atoms with Crippen molar-refractivity contribution in [3.05, 3.63) is 0 Å². The van der Waals surface area contributed by atoms with E-state index in [-0.39, 0.29) is 12.5 Å². The van der Waals surface area contributed by atoms with E-state index >= 15 is 0 Å². The first-order valence-corrected chi connectivity index (χ1v) is 6.06. The zero-order valence-corrected chi connectivity index (χ0v) is 9.85. The van der Waals surface area contributed by atoms with Gasteiger partial charge >= 0.3 is 6.03 Å². The van der Waals surface area contributed by atoms with Gasteiger partial charge in [0.2, 0.25) is 5.91 Å². The minimum Gasteiger partial charge on any atom is -0.381 e. The van der Waals surface area contributed by atoms with Gasteiger partial charge in [0.15, 0.2) is 0 Å². The molecule has 2 rings (SSSR count). The molecule has 1 atom stereocenters. The van der Waals surface area contributed by atoms with Crippen LogP contribution in [0.5, 0.6) is 0 Å². The van der Waals surface area contributed by atoms with Gasteiger partial charge in [-0.25, -0.2) is 4.79 Å². The number of hydrogen-bond acceptors (Lipinski definition) is 4. The van der Waals surface area contributed by atoms with E-state index in [0.29, 0.717) is 12.0 Å². The molecule has 2 aliphatic rings. The van der Waals surface area contributed by atoms with Crippen LogP contribution < -0.4 is 11.1 Å². The fourth-order valence-electron chi connectivity index (χ4n) is 2.20. The van der Waals surface area contributed by atoms with Crippen molar-refractivity contribution in [2.45, 2.75) is 25.3 Å². The molecule has 1 aliphatic heterocycles. The Morgan fingerprint density at radius 3 is 2.65 bits per heavy atom. The van der Waals surface area contributed by atoms with Crippen LogP contribution in [-0.2, 0) is 9.53 Å². The fourth-order valence-corrected chi connectivity index (χ4v) is 2.20. The average molecular weight is 241 g/mol. The van der Waals surface area contributed by atoms with Crippen LogP contribution in [0.2, 0.25) is 0 Å². The topological polar surface area (TPSA) is 84.7 Å². The summed E-state index contributed by atoms with van der Waals surface area (Å²) in [5.74, 6) is 0.195. The molecule has 1 saturated carbocycles. The Morgan fingerprint density at radius 2 is 2.12 bits per heavy atom. The van der Waals surface area contributed by atoms with Gasteiger partial charge < -0.3 is 10.5 Å². The van der Waals surface area contributed by atoms with E-state index in [1.165, 1.54) is 0 Å². The van der Waals surface area contributed by atoms with E-state index in [2.05, 4.69) is 10.2 Å². The zero-order valence-electron chi connectivity index (χ0n) is 9.85. The molecule has 0 aromatic heterocycles. The van der Waals surface area contributed by atoms with Gasteiger partial charge in [0.1, 0.15) is 0 Å². The number of imide groups is 1. The standard InChI is InChI=1S/C11H19N3O3/c12-11(16)13-10(15)6-14(9-1-2-9)5-8-3-4-17-7-8/h8-9H,1-7H2,(H3,12,13,15,16)/t8-/m1/s1. The second-order valence-electron chi connectivity index (χ2n) is 4.80. The SMILES string of the molecule is NC(=O)NC(=O)CN(C[C@H]1CCOC1)C1CC1. The number of hydrogen-bond donors (Lipinski definition) is 2. The number of nitrogens with one attached hydrogen (secondary N) is 1. The Labute approximate surface area is 100 Å². The van der Waals surface area contributed by atoms with Crippen LogP contribution in [0, 0.1) is 5.92 Å². The Kier molecular flexibility index (Phi) is 3.96. The van der Waals surface area contributed by atoms with Gasteiger partial charge in [0, 0.05) is 19.2 Å². The Balaban J connectivity index is 1.79. The number of primary amides is 1. The third-order valence-electron chi connectivity index (χ3n) is 3.19. The maximum Gasteiger partial charge on any atom is 0.318 e. The lowest BCUT2D eigenvalue weighted by Crippen LogP contribution is -2.44. The highest BCUT2D eigenvalue weighted by Crippen LogP contribution is 2.28. The number of nitrogens with zero attached hydrogens (tertiary/aromatic N) is 1. The number of carbonyl (C=O) groups is 2. The summed E-state index contributed by atoms with van der Waals surface area (Å²) in [5, 5.41) is 2.11. The highest BCUT2D eigenvalue weighted by molar-refractivity contribution is 5.94. The van der Waals surface area contributed by atoms with E-state index in [1.54, 1.807) is 0 Å². The summed E-state index contributed by atoms with van der Waals surface area (Å²) in [6.45, 7) is 2.72. The fraction of sp³-hybridized carbons (Fsp3) is 0.818. The largest absolute Gasteiger partial charge is 0.381 e. The van der Waals surface area contributed by atoms with E-state index in [4.69, 9.17) is 10.5 Å². The molecule has 0 aromatic carbocycles. The van der Waals surface area contributed by atoms with Crippen molar-refractivity contribution in [2.75, 3.05) is 26.3 Å². The van der Waals surface area contributed by atoms with Crippen molar-refractivity contribution in [3.8, 4) is 0 Å². The molecule has 96 valence electrons. The predicted octanol–water partition coefficient (Wildman–Crippen LogP) is -0.318. The molecular weight excluding hydrogens is 222 g/mol. The Hall–Kier alpha value is -1.14. The Morgan fingerprint density at radius 1 is 1.35 bits per heavy atom. The number of urea groups is 1. The van der Waals surface area contributed by atoms with Gasteiger partial charge in [0.25, 0.3) is 0 Å². The Bertz CT molecular complexity index is 298. The van der Waals surface area contributed by atoms with Crippen molar-refractivity contribution in [3.63, 3.8) is 0 Å². The van der Waals surface area contributed by atoms with Crippen molar-refractivity contribution in [1.29, 1.82) is 0 Å². The van der Waals surface area contributed by atoms with Crippen LogP contribution in [0.3, 0.4) is 0 Å². The molecule has 0 aromatic rings. The number of carbonyl (C=O) groups excluding carboxylic acids is 2. The van der Waals surface area contributed by atoms with Crippen molar-refractivity contribution < 1.29 is 14.3 Å². The highest BCUT2D eigenvalue weighted by Gasteiger charge is 2.32. The normalized spacial score (nSPS) is 23.9. The summed E-state index contributed by atoms with van der Waals surface area (Å²) >= 11 is 0. The molecule has 17 heavy (non-hydrogen) atoms. The lowest BCUT2D eigenvalue weighted by molar-refractivity contribution is -0.121. The molecule has 1 saturated heterocycles. The zero-order chi connectivity index (χ0) is 12.3. The molecule has 0 spiro atoms. The summed E-state index contributed by atoms with van der Waals surface area (Å²) in [6, 6.07) is -0.288. The molecule has 6 heteroatoms. The molecule has 1 aliphatic carbocycles. The summed E-state index contributed by atoms with van der Waals surface area (Å²) in [4.78, 5) is 24.2. The minimum atomic E-state index is -0.782. The van der Waals surface area contributed by atoms with Crippen molar-refractivity contribution >= 4 is 11.9 Å². The molecule has 2 fully saturated rings. The summed E-state index contributed by atoms with van der Waals surface area (Å²) in [7, 11) is 0. The summed E-state index contributed by atoms with van der Waals surface area (Å²) < 4.78 is 5.33. The first-order chi connectivity index (χ1) is 8.15. The van der Waals surface area contributed by atoms with Gasteiger partial charge in [-0.15, -0.1) is 0 Å². The van der Waals surface area contributed by atoms with Crippen molar-refractivity contribution in [2.24, 2.45) is 11.7 Å². The molecule has 3 amide bonds. The summed E-state index contributed by atoms with van der Waals surface area (Å²) in [5.41, 5.74) is 4.92. The lowest BCUT2D eigenvalue weighted by Gasteiger charge is -2.23. The third kappa shape index (κ3) is 3.98. The second kappa shape index (κ2) is 5.46. The summed E-state index contributed by atoms with van der Waals surface area (Å²) in [6.07, 6.45) is 3.33. The van der Waals surface area contributed by atoms with Gasteiger partial charge in [-0.3, -0.25) is 15.0 Å². The van der Waals surface area contributed by atoms with E-state index < -0.39 is 6.03 Å². The lowest BCUT2D eigenvalue weighted by atomic mass is 10.1. The number of rotatable bonds is 5.